The van der Waals surface area contributed by atoms with Gasteiger partial charge in [-0.05, 0) is 55.4 Å². The molecule has 4 heteroatoms. The average molecular weight is 277 g/mol. The van der Waals surface area contributed by atoms with Gasteiger partial charge in [-0.3, -0.25) is 0 Å². The summed E-state index contributed by atoms with van der Waals surface area (Å²) in [5, 5.41) is 8.55. The number of ether oxygens (including phenoxy) is 1. The van der Waals surface area contributed by atoms with Crippen molar-refractivity contribution < 1.29 is 13.5 Å². The summed E-state index contributed by atoms with van der Waals surface area (Å²) in [6.45, 7) is 0. The predicted octanol–water partition coefficient (Wildman–Crippen LogP) is 4.25. The fourth-order valence-corrected chi connectivity index (χ4v) is 2.85. The number of allylic oxidation sites excluding steroid dienone is 1. The molecule has 2 rings (SSSR count). The Hall–Kier alpha value is -1.73. The molecule has 20 heavy (non-hydrogen) atoms. The maximum atomic E-state index is 13.2. The second-order valence-electron chi connectivity index (χ2n) is 5.20. The largest absolute Gasteiger partial charge is 0.374 e. The van der Waals surface area contributed by atoms with Crippen molar-refractivity contribution in [3.8, 4) is 6.07 Å². The van der Waals surface area contributed by atoms with Gasteiger partial charge in [0.1, 0.15) is 11.9 Å². The maximum Gasteiger partial charge on any atom is 0.198 e. The van der Waals surface area contributed by atoms with E-state index in [1.807, 2.05) is 0 Å². The Kier molecular flexibility index (Phi) is 4.51. The minimum absolute atomic E-state index is 0.241. The first-order chi connectivity index (χ1) is 9.58. The summed E-state index contributed by atoms with van der Waals surface area (Å²) in [4.78, 5) is 0. The maximum absolute atomic E-state index is 13.2. The zero-order chi connectivity index (χ0) is 14.6. The topological polar surface area (TPSA) is 33.0 Å². The van der Waals surface area contributed by atoms with Crippen molar-refractivity contribution in [2.75, 3.05) is 7.11 Å². The monoisotopic (exact) mass is 277 g/mol. The highest BCUT2D eigenvalue weighted by Crippen LogP contribution is 2.41. The first-order valence-corrected chi connectivity index (χ1v) is 6.67. The van der Waals surface area contributed by atoms with E-state index in [0.29, 0.717) is 18.8 Å². The Morgan fingerprint density at radius 2 is 1.95 bits per heavy atom. The van der Waals surface area contributed by atoms with Crippen molar-refractivity contribution in [3.63, 3.8) is 0 Å². The van der Waals surface area contributed by atoms with Crippen LogP contribution >= 0.6 is 0 Å². The van der Waals surface area contributed by atoms with Gasteiger partial charge in [-0.2, -0.15) is 9.65 Å². The van der Waals surface area contributed by atoms with Crippen LogP contribution in [0, 0.1) is 17.1 Å². The lowest BCUT2D eigenvalue weighted by molar-refractivity contribution is -0.00344. The summed E-state index contributed by atoms with van der Waals surface area (Å²) < 4.78 is 31.5. The standard InChI is InChI=1S/C16H17F2NO/c1-20-16(10-15(18)11-19)8-6-13(7-9-16)12-2-4-14(17)5-3-12/h2-5,10,13H,6-9H2,1H3/t13-,16+. The van der Waals surface area contributed by atoms with Crippen LogP contribution in [-0.2, 0) is 4.74 Å². The van der Waals surface area contributed by atoms with E-state index < -0.39 is 11.4 Å². The Balaban J connectivity index is 2.08. The van der Waals surface area contributed by atoms with Crippen molar-refractivity contribution in [2.45, 2.75) is 37.2 Å². The van der Waals surface area contributed by atoms with Crippen molar-refractivity contribution >= 4 is 0 Å². The van der Waals surface area contributed by atoms with Crippen LogP contribution in [0.3, 0.4) is 0 Å². The highest BCUT2D eigenvalue weighted by Gasteiger charge is 2.34. The second-order valence-corrected chi connectivity index (χ2v) is 5.20. The summed E-state index contributed by atoms with van der Waals surface area (Å²) in [5.41, 5.74) is 0.414. The third kappa shape index (κ3) is 3.23. The molecule has 0 aliphatic heterocycles. The second kappa shape index (κ2) is 6.15. The van der Waals surface area contributed by atoms with E-state index in [2.05, 4.69) is 0 Å². The minimum atomic E-state index is -0.799. The fraction of sp³-hybridized carbons (Fsp3) is 0.438. The Bertz CT molecular complexity index is 522. The third-order valence-corrected chi connectivity index (χ3v) is 4.08. The first kappa shape index (κ1) is 14.7. The predicted molar refractivity (Wildman–Crippen MR) is 72.2 cm³/mol. The molecule has 0 heterocycles. The number of hydrogen-bond donors (Lipinski definition) is 0. The normalized spacial score (nSPS) is 27.1. The summed E-state index contributed by atoms with van der Waals surface area (Å²) in [6, 6.07) is 8.01. The Labute approximate surface area is 117 Å². The van der Waals surface area contributed by atoms with E-state index in [-0.39, 0.29) is 5.82 Å². The number of halogens is 2. The molecule has 0 saturated heterocycles. The van der Waals surface area contributed by atoms with Crippen LogP contribution in [0.25, 0.3) is 0 Å². The minimum Gasteiger partial charge on any atom is -0.374 e. The zero-order valence-corrected chi connectivity index (χ0v) is 11.4. The lowest BCUT2D eigenvalue weighted by atomic mass is 9.75. The van der Waals surface area contributed by atoms with E-state index in [1.165, 1.54) is 24.3 Å². The van der Waals surface area contributed by atoms with E-state index >= 15 is 0 Å². The number of benzene rings is 1. The van der Waals surface area contributed by atoms with E-state index in [9.17, 15) is 8.78 Å². The van der Waals surface area contributed by atoms with Gasteiger partial charge in [-0.1, -0.05) is 12.1 Å². The molecule has 1 fully saturated rings. The van der Waals surface area contributed by atoms with Gasteiger partial charge in [0, 0.05) is 7.11 Å². The summed E-state index contributed by atoms with van der Waals surface area (Å²) in [5.74, 6) is -0.709. The molecule has 0 spiro atoms. The molecule has 1 aromatic rings. The van der Waals surface area contributed by atoms with Gasteiger partial charge in [0.2, 0.25) is 0 Å². The number of nitriles is 1. The molecule has 106 valence electrons. The lowest BCUT2D eigenvalue weighted by Gasteiger charge is -2.37. The Morgan fingerprint density at radius 3 is 2.45 bits per heavy atom. The first-order valence-electron chi connectivity index (χ1n) is 6.67. The van der Waals surface area contributed by atoms with Gasteiger partial charge in [0.05, 0.1) is 5.60 Å². The van der Waals surface area contributed by atoms with Crippen molar-refractivity contribution in [2.24, 2.45) is 0 Å². The van der Waals surface area contributed by atoms with E-state index in [1.54, 1.807) is 19.2 Å². The molecule has 0 radical (unpaired) electrons. The van der Waals surface area contributed by atoms with Gasteiger partial charge < -0.3 is 4.74 Å². The highest BCUT2D eigenvalue weighted by molar-refractivity contribution is 5.24. The van der Waals surface area contributed by atoms with E-state index in [4.69, 9.17) is 10.00 Å². The van der Waals surface area contributed by atoms with E-state index in [0.717, 1.165) is 18.4 Å². The molecule has 1 aromatic carbocycles. The molecule has 0 amide bonds. The molecule has 2 nitrogen and oxygen atoms in total. The Morgan fingerprint density at radius 1 is 1.35 bits per heavy atom. The molecule has 0 unspecified atom stereocenters. The molecule has 0 N–H and O–H groups in total. The van der Waals surface area contributed by atoms with Crippen LogP contribution in [0.1, 0.15) is 37.2 Å². The number of rotatable bonds is 3. The van der Waals surface area contributed by atoms with Gasteiger partial charge in [-0.25, -0.2) is 4.39 Å². The molecule has 0 aromatic heterocycles. The SMILES string of the molecule is CO[C@]1(C=C(F)C#N)CC[C@H](c2ccc(F)cc2)CC1. The lowest BCUT2D eigenvalue weighted by Crippen LogP contribution is -2.34. The molecule has 0 atom stereocenters. The summed E-state index contributed by atoms with van der Waals surface area (Å²) >= 11 is 0. The summed E-state index contributed by atoms with van der Waals surface area (Å²) in [7, 11) is 1.54. The molecular formula is C16H17F2NO. The van der Waals surface area contributed by atoms with Gasteiger partial charge in [-0.15, -0.1) is 0 Å². The van der Waals surface area contributed by atoms with Gasteiger partial charge in [0.25, 0.3) is 0 Å². The number of methoxy groups -OCH3 is 1. The zero-order valence-electron chi connectivity index (χ0n) is 11.4. The highest BCUT2D eigenvalue weighted by atomic mass is 19.1. The van der Waals surface area contributed by atoms with Crippen molar-refractivity contribution in [1.29, 1.82) is 5.26 Å². The third-order valence-electron chi connectivity index (χ3n) is 4.08. The fourth-order valence-electron chi connectivity index (χ4n) is 2.85. The number of nitrogens with zero attached hydrogens (tertiary/aromatic N) is 1. The van der Waals surface area contributed by atoms with Crippen LogP contribution in [-0.4, -0.2) is 12.7 Å². The summed E-state index contributed by atoms with van der Waals surface area (Å²) in [6.07, 6.45) is 4.25. The van der Waals surface area contributed by atoms with Crippen LogP contribution in [0.4, 0.5) is 8.78 Å². The molecular weight excluding hydrogens is 260 g/mol. The molecule has 1 aliphatic rings. The molecule has 1 saturated carbocycles. The molecule has 0 bridgehead atoms. The van der Waals surface area contributed by atoms with Crippen LogP contribution in [0.2, 0.25) is 0 Å². The van der Waals surface area contributed by atoms with Crippen LogP contribution < -0.4 is 0 Å². The van der Waals surface area contributed by atoms with Gasteiger partial charge in [0.15, 0.2) is 5.83 Å². The van der Waals surface area contributed by atoms with Gasteiger partial charge >= 0.3 is 0 Å². The molecule has 1 aliphatic carbocycles. The quantitative estimate of drug-likeness (QED) is 0.774. The number of hydrogen-bond acceptors (Lipinski definition) is 2. The average Bonchev–Trinajstić information content (AvgIpc) is 2.49. The van der Waals surface area contributed by atoms with Crippen molar-refractivity contribution in [1.82, 2.24) is 0 Å². The smallest absolute Gasteiger partial charge is 0.198 e. The van der Waals surface area contributed by atoms with Crippen LogP contribution in [0.5, 0.6) is 0 Å². The van der Waals surface area contributed by atoms with Crippen LogP contribution in [0.15, 0.2) is 36.2 Å². The van der Waals surface area contributed by atoms with Crippen molar-refractivity contribution in [3.05, 3.63) is 47.5 Å².